The van der Waals surface area contributed by atoms with Gasteiger partial charge in [-0.25, -0.2) is 13.1 Å². The van der Waals surface area contributed by atoms with Crippen molar-refractivity contribution in [2.24, 2.45) is 16.7 Å². The maximum absolute atomic E-state index is 12.7. The lowest BCUT2D eigenvalue weighted by atomic mass is 9.70. The molecule has 1 aromatic rings. The lowest BCUT2D eigenvalue weighted by Crippen LogP contribution is -2.45. The highest BCUT2D eigenvalue weighted by Crippen LogP contribution is 2.64. The van der Waals surface area contributed by atoms with Gasteiger partial charge in [0.05, 0.1) is 26.1 Å². The Morgan fingerprint density at radius 3 is 2.46 bits per heavy atom. The Morgan fingerprint density at radius 1 is 1.25 bits per heavy atom. The van der Waals surface area contributed by atoms with Crippen LogP contribution in [0, 0.1) is 16.7 Å². The van der Waals surface area contributed by atoms with Crippen LogP contribution in [-0.2, 0) is 14.8 Å². The zero-order valence-electron chi connectivity index (χ0n) is 16.8. The van der Waals surface area contributed by atoms with Gasteiger partial charge in [0.15, 0.2) is 11.5 Å². The minimum atomic E-state index is -3.73. The number of aliphatic hydroxyl groups is 1. The van der Waals surface area contributed by atoms with Gasteiger partial charge in [0.2, 0.25) is 10.0 Å². The maximum Gasteiger partial charge on any atom is 0.212 e. The molecule has 8 heteroatoms. The highest BCUT2D eigenvalue weighted by molar-refractivity contribution is 7.89. The van der Waals surface area contributed by atoms with E-state index in [1.165, 1.54) is 14.2 Å². The van der Waals surface area contributed by atoms with Crippen LogP contribution in [0.3, 0.4) is 0 Å². The number of nitrogens with one attached hydrogen (secondary N) is 1. The first-order valence-corrected chi connectivity index (χ1v) is 11.1. The molecule has 2 fully saturated rings. The van der Waals surface area contributed by atoms with Crippen LogP contribution in [0.2, 0.25) is 0 Å². The molecule has 28 heavy (non-hydrogen) atoms. The van der Waals surface area contributed by atoms with E-state index in [1.54, 1.807) is 18.2 Å². The van der Waals surface area contributed by atoms with Gasteiger partial charge in [-0.1, -0.05) is 19.9 Å². The predicted octanol–water partition coefficient (Wildman–Crippen LogP) is 2.05. The largest absolute Gasteiger partial charge is 0.493 e. The van der Waals surface area contributed by atoms with E-state index in [0.717, 1.165) is 6.42 Å². The number of carbonyl (C=O) groups excluding carboxylic acids is 1. The third-order valence-electron chi connectivity index (χ3n) is 6.86. The summed E-state index contributed by atoms with van der Waals surface area (Å²) in [6.45, 7) is 3.83. The first kappa shape index (κ1) is 21.1. The van der Waals surface area contributed by atoms with E-state index in [-0.39, 0.29) is 29.4 Å². The Labute approximate surface area is 166 Å². The van der Waals surface area contributed by atoms with Crippen molar-refractivity contribution in [2.75, 3.05) is 26.5 Å². The number of hydrogen-bond donors (Lipinski definition) is 2. The quantitative estimate of drug-likeness (QED) is 0.679. The average molecular weight is 412 g/mol. The molecule has 0 radical (unpaired) electrons. The Bertz CT molecular complexity index is 865. The lowest BCUT2D eigenvalue weighted by molar-refractivity contribution is -0.128. The van der Waals surface area contributed by atoms with Gasteiger partial charge in [0.1, 0.15) is 5.78 Å². The molecule has 7 nitrogen and oxygen atoms in total. The first-order chi connectivity index (χ1) is 13.1. The van der Waals surface area contributed by atoms with Crippen molar-refractivity contribution in [1.82, 2.24) is 4.72 Å². The lowest BCUT2D eigenvalue weighted by Gasteiger charge is -2.36. The number of methoxy groups -OCH3 is 2. The van der Waals surface area contributed by atoms with Gasteiger partial charge in [0.25, 0.3) is 0 Å². The van der Waals surface area contributed by atoms with Crippen molar-refractivity contribution in [2.45, 2.75) is 39.2 Å². The fourth-order valence-corrected chi connectivity index (χ4v) is 6.71. The Kier molecular flexibility index (Phi) is 5.51. The summed E-state index contributed by atoms with van der Waals surface area (Å²) in [7, 11) is -0.725. The van der Waals surface area contributed by atoms with Gasteiger partial charge in [-0.05, 0) is 41.9 Å². The number of fused-ring (bicyclic) bond motifs is 2. The molecule has 0 spiro atoms. The summed E-state index contributed by atoms with van der Waals surface area (Å²) in [6.07, 6.45) is 0.929. The summed E-state index contributed by atoms with van der Waals surface area (Å²) >= 11 is 0. The van der Waals surface area contributed by atoms with Gasteiger partial charge >= 0.3 is 0 Å². The number of ether oxygens (including phenoxy) is 2. The predicted molar refractivity (Wildman–Crippen MR) is 105 cm³/mol. The summed E-state index contributed by atoms with van der Waals surface area (Å²) in [4.78, 5) is 12.6. The second-order valence-electron chi connectivity index (χ2n) is 8.40. The highest BCUT2D eigenvalue weighted by atomic mass is 32.2. The van der Waals surface area contributed by atoms with E-state index in [9.17, 15) is 18.3 Å². The molecule has 0 heterocycles. The number of ketones is 1. The monoisotopic (exact) mass is 411 g/mol. The van der Waals surface area contributed by atoms with Gasteiger partial charge in [-0.3, -0.25) is 4.79 Å². The van der Waals surface area contributed by atoms with Gasteiger partial charge in [0, 0.05) is 18.4 Å². The van der Waals surface area contributed by atoms with Crippen molar-refractivity contribution in [1.29, 1.82) is 0 Å². The molecule has 2 saturated carbocycles. The van der Waals surface area contributed by atoms with Gasteiger partial charge < -0.3 is 14.6 Å². The van der Waals surface area contributed by atoms with Crippen LogP contribution in [0.4, 0.5) is 0 Å². The number of hydrogen-bond acceptors (Lipinski definition) is 6. The summed E-state index contributed by atoms with van der Waals surface area (Å²) in [5, 5.41) is 10.4. The molecular weight excluding hydrogens is 382 g/mol. The number of rotatable bonds is 8. The molecule has 156 valence electrons. The fourth-order valence-electron chi connectivity index (χ4n) is 4.87. The minimum absolute atomic E-state index is 0.0552. The van der Waals surface area contributed by atoms with E-state index < -0.39 is 21.5 Å². The number of Topliss-reactive ketones (excluding diaryl/α,β-unsaturated/α-hetero) is 1. The third-order valence-corrected chi connectivity index (χ3v) is 8.34. The van der Waals surface area contributed by atoms with Crippen molar-refractivity contribution in [3.05, 3.63) is 23.8 Å². The smallest absolute Gasteiger partial charge is 0.212 e. The second-order valence-corrected chi connectivity index (χ2v) is 10.2. The van der Waals surface area contributed by atoms with Crippen LogP contribution in [0.15, 0.2) is 18.2 Å². The van der Waals surface area contributed by atoms with Gasteiger partial charge in [-0.2, -0.15) is 0 Å². The van der Waals surface area contributed by atoms with E-state index in [4.69, 9.17) is 9.47 Å². The van der Waals surface area contributed by atoms with E-state index in [2.05, 4.69) is 4.72 Å². The molecule has 0 aromatic heterocycles. The van der Waals surface area contributed by atoms with E-state index >= 15 is 0 Å². The zero-order chi connectivity index (χ0) is 20.7. The summed E-state index contributed by atoms with van der Waals surface area (Å²) in [5.41, 5.74) is -0.629. The van der Waals surface area contributed by atoms with Crippen LogP contribution in [0.1, 0.15) is 44.8 Å². The third kappa shape index (κ3) is 3.42. The zero-order valence-corrected chi connectivity index (χ0v) is 17.6. The van der Waals surface area contributed by atoms with Crippen LogP contribution >= 0.6 is 0 Å². The van der Waals surface area contributed by atoms with Crippen LogP contribution in [0.25, 0.3) is 0 Å². The molecule has 2 N–H and O–H groups in total. The molecule has 0 aliphatic heterocycles. The fraction of sp³-hybridized carbons (Fsp3) is 0.650. The highest BCUT2D eigenvalue weighted by Gasteiger charge is 2.65. The summed E-state index contributed by atoms with van der Waals surface area (Å²) < 4.78 is 38.4. The van der Waals surface area contributed by atoms with Crippen LogP contribution < -0.4 is 14.2 Å². The molecular formula is C20H29NO6S. The number of aliphatic hydroxyl groups excluding tert-OH is 1. The van der Waals surface area contributed by atoms with Crippen molar-refractivity contribution in [3.63, 3.8) is 0 Å². The molecule has 0 amide bonds. The molecule has 1 aromatic carbocycles. The van der Waals surface area contributed by atoms with Crippen molar-refractivity contribution >= 4 is 15.8 Å². The van der Waals surface area contributed by atoms with Crippen LogP contribution in [-0.4, -0.2) is 45.8 Å². The Morgan fingerprint density at radius 2 is 1.93 bits per heavy atom. The molecule has 3 atom stereocenters. The average Bonchev–Trinajstić information content (AvgIpc) is 2.99. The molecule has 2 aliphatic carbocycles. The Balaban J connectivity index is 1.69. The minimum Gasteiger partial charge on any atom is -0.493 e. The topological polar surface area (TPSA) is 102 Å². The van der Waals surface area contributed by atoms with Crippen molar-refractivity contribution in [3.8, 4) is 11.5 Å². The second kappa shape index (κ2) is 7.31. The van der Waals surface area contributed by atoms with Crippen LogP contribution in [0.5, 0.6) is 11.5 Å². The molecule has 0 saturated heterocycles. The SMILES string of the molecule is COc1ccc(C(O)CNS(=O)(=O)CC23CCC(CC2=O)C3(C)C)cc1OC. The number of carbonyl (C=O) groups is 1. The molecule has 2 bridgehead atoms. The molecule has 3 rings (SSSR count). The van der Waals surface area contributed by atoms with Crippen molar-refractivity contribution < 1.29 is 27.8 Å². The molecule has 2 aliphatic rings. The number of sulfonamides is 1. The van der Waals surface area contributed by atoms with Gasteiger partial charge in [-0.15, -0.1) is 0 Å². The molecule has 3 unspecified atom stereocenters. The maximum atomic E-state index is 12.7. The normalized spacial score (nSPS) is 27.0. The summed E-state index contributed by atoms with van der Waals surface area (Å²) in [5.74, 6) is 1.07. The van der Waals surface area contributed by atoms with E-state index in [1.807, 2.05) is 13.8 Å². The Hall–Kier alpha value is -1.64. The number of benzene rings is 1. The van der Waals surface area contributed by atoms with E-state index in [0.29, 0.717) is 29.9 Å². The first-order valence-electron chi connectivity index (χ1n) is 9.47. The standard InChI is InChI=1S/C20H29NO6S/c1-19(2)14-7-8-20(19,18(23)10-14)12-28(24,25)21-11-15(22)13-5-6-16(26-3)17(9-13)27-4/h5-6,9,14-15,21-22H,7-8,10-12H2,1-4H3. The summed E-state index contributed by atoms with van der Waals surface area (Å²) in [6, 6.07) is 4.93.